The lowest BCUT2D eigenvalue weighted by atomic mass is 9.90. The van der Waals surface area contributed by atoms with Gasteiger partial charge in [0.25, 0.3) is 12.3 Å². The van der Waals surface area contributed by atoms with Crippen molar-refractivity contribution in [2.75, 3.05) is 25.6 Å². The number of benzene rings is 1. The Bertz CT molecular complexity index is 833. The minimum Gasteiger partial charge on any atom is -0.478 e. The molecule has 2 aromatic rings. The molecule has 7 nitrogen and oxygen atoms in total. The molecule has 0 radical (unpaired) electrons. The molecule has 0 saturated carbocycles. The maximum Gasteiger partial charge on any atom is 0.269 e. The smallest absolute Gasteiger partial charge is 0.269 e. The Morgan fingerprint density at radius 2 is 2.08 bits per heavy atom. The number of ether oxygens (including phenoxy) is 2. The Morgan fingerprint density at radius 3 is 2.77 bits per heavy atom. The number of methoxy groups -OCH3 is 1. The summed E-state index contributed by atoms with van der Waals surface area (Å²) >= 11 is 0. The number of anilines is 2. The van der Waals surface area contributed by atoms with Gasteiger partial charge in [0.15, 0.2) is 11.4 Å². The number of hydrogen-bond acceptors (Lipinski definition) is 7. The largest absolute Gasteiger partial charge is 0.478 e. The number of halogens is 3. The number of amidine groups is 1. The number of aliphatic imine (C=N–C) groups is 1. The van der Waals surface area contributed by atoms with Crippen LogP contribution in [0.25, 0.3) is 0 Å². The highest BCUT2D eigenvalue weighted by Crippen LogP contribution is 2.38. The van der Waals surface area contributed by atoms with Crippen molar-refractivity contribution in [3.63, 3.8) is 0 Å². The predicted octanol–water partition coefficient (Wildman–Crippen LogP) is 2.22. The molecule has 26 heavy (non-hydrogen) atoms. The van der Waals surface area contributed by atoms with Crippen molar-refractivity contribution >= 4 is 17.3 Å². The normalized spacial score (nSPS) is 20.0. The summed E-state index contributed by atoms with van der Waals surface area (Å²) in [7, 11) is 1.41. The van der Waals surface area contributed by atoms with Crippen molar-refractivity contribution in [1.29, 1.82) is 0 Å². The Kier molecular flexibility index (Phi) is 4.94. The van der Waals surface area contributed by atoms with Crippen LogP contribution in [0.2, 0.25) is 0 Å². The molecule has 2 heterocycles. The quantitative estimate of drug-likeness (QED) is 0.842. The van der Waals surface area contributed by atoms with Crippen molar-refractivity contribution in [3.05, 3.63) is 42.0 Å². The minimum atomic E-state index is -3.02. The summed E-state index contributed by atoms with van der Waals surface area (Å²) in [6.07, 6.45) is -0.157. The summed E-state index contributed by atoms with van der Waals surface area (Å²) in [6, 6.07) is 3.66. The molecule has 3 N–H and O–H groups in total. The van der Waals surface area contributed by atoms with Crippen LogP contribution >= 0.6 is 0 Å². The molecular weight excluding hydrogens is 351 g/mol. The highest BCUT2D eigenvalue weighted by molar-refractivity contribution is 5.82. The van der Waals surface area contributed by atoms with Gasteiger partial charge in [0.1, 0.15) is 18.3 Å². The minimum absolute atomic E-state index is 0.0785. The Labute approximate surface area is 147 Å². The zero-order valence-corrected chi connectivity index (χ0v) is 13.7. The van der Waals surface area contributed by atoms with Crippen LogP contribution in [0.3, 0.4) is 0 Å². The molecule has 3 rings (SSSR count). The average molecular weight is 367 g/mol. The fourth-order valence-corrected chi connectivity index (χ4v) is 2.63. The van der Waals surface area contributed by atoms with Crippen LogP contribution in [0.1, 0.15) is 5.56 Å². The summed E-state index contributed by atoms with van der Waals surface area (Å²) in [5, 5.41) is 2.87. The van der Waals surface area contributed by atoms with Gasteiger partial charge in [-0.3, -0.25) is 4.99 Å². The van der Waals surface area contributed by atoms with E-state index in [-0.39, 0.29) is 29.7 Å². The molecule has 1 aromatic heterocycles. The molecule has 1 atom stereocenters. The van der Waals surface area contributed by atoms with Gasteiger partial charge in [-0.15, -0.1) is 0 Å². The molecule has 0 bridgehead atoms. The van der Waals surface area contributed by atoms with Gasteiger partial charge in [-0.25, -0.2) is 23.1 Å². The van der Waals surface area contributed by atoms with Crippen LogP contribution in [0.4, 0.5) is 24.7 Å². The van der Waals surface area contributed by atoms with Crippen molar-refractivity contribution in [3.8, 4) is 5.88 Å². The Hall–Kier alpha value is -2.88. The number of alkyl halides is 2. The van der Waals surface area contributed by atoms with E-state index in [0.717, 1.165) is 6.07 Å². The summed E-state index contributed by atoms with van der Waals surface area (Å²) < 4.78 is 52.2. The summed E-state index contributed by atoms with van der Waals surface area (Å²) in [5.74, 6) is -0.513. The first-order chi connectivity index (χ1) is 12.5. The highest BCUT2D eigenvalue weighted by Gasteiger charge is 2.46. The third-order valence-corrected chi connectivity index (χ3v) is 3.83. The van der Waals surface area contributed by atoms with Crippen molar-refractivity contribution in [2.24, 2.45) is 10.7 Å². The number of aromatic nitrogens is 2. The van der Waals surface area contributed by atoms with Gasteiger partial charge >= 0.3 is 0 Å². The first-order valence-electron chi connectivity index (χ1n) is 7.58. The molecular formula is C16H16F3N5O2. The molecule has 1 aliphatic rings. The standard InChI is InChI=1S/C16H16F3N5O2/c1-25-14-13(21-4-5-22-14)23-9-2-3-11(17)10(6-9)16(15(18)19)8-26-7-12(20)24-16/h2-6,15H,7-8H2,1H3,(H2,20,24)(H,21,23). The third-order valence-electron chi connectivity index (χ3n) is 3.83. The van der Waals surface area contributed by atoms with E-state index in [1.807, 2.05) is 0 Å². The van der Waals surface area contributed by atoms with Gasteiger partial charge in [-0.2, -0.15) is 0 Å². The monoisotopic (exact) mass is 367 g/mol. The molecule has 1 unspecified atom stereocenters. The van der Waals surface area contributed by atoms with Crippen LogP contribution in [0.15, 0.2) is 35.6 Å². The molecule has 138 valence electrons. The van der Waals surface area contributed by atoms with E-state index < -0.39 is 24.4 Å². The first kappa shape index (κ1) is 17.9. The Balaban J connectivity index is 2.03. The van der Waals surface area contributed by atoms with Gasteiger partial charge < -0.3 is 20.5 Å². The van der Waals surface area contributed by atoms with Gasteiger partial charge in [0.05, 0.1) is 13.7 Å². The molecule has 1 aliphatic heterocycles. The lowest BCUT2D eigenvalue weighted by Gasteiger charge is -2.33. The fourth-order valence-electron chi connectivity index (χ4n) is 2.63. The second-order valence-corrected chi connectivity index (χ2v) is 5.55. The van der Waals surface area contributed by atoms with E-state index in [9.17, 15) is 13.2 Å². The third kappa shape index (κ3) is 3.27. The number of nitrogens with zero attached hydrogens (tertiary/aromatic N) is 3. The number of hydrogen-bond donors (Lipinski definition) is 2. The summed E-state index contributed by atoms with van der Waals surface area (Å²) in [5.41, 5.74) is 3.32. The van der Waals surface area contributed by atoms with Gasteiger partial charge in [-0.05, 0) is 18.2 Å². The van der Waals surface area contributed by atoms with E-state index in [0.29, 0.717) is 5.69 Å². The second kappa shape index (κ2) is 7.16. The van der Waals surface area contributed by atoms with Crippen molar-refractivity contribution in [2.45, 2.75) is 12.0 Å². The maximum atomic E-state index is 14.4. The Morgan fingerprint density at radius 1 is 1.31 bits per heavy atom. The summed E-state index contributed by atoms with van der Waals surface area (Å²) in [4.78, 5) is 11.9. The topological polar surface area (TPSA) is 94.7 Å². The molecule has 0 amide bonds. The zero-order chi connectivity index (χ0) is 18.7. The first-order valence-corrected chi connectivity index (χ1v) is 7.58. The predicted molar refractivity (Wildman–Crippen MR) is 88.4 cm³/mol. The summed E-state index contributed by atoms with van der Waals surface area (Å²) in [6.45, 7) is -0.564. The van der Waals surface area contributed by atoms with Crippen molar-refractivity contribution in [1.82, 2.24) is 9.97 Å². The lowest BCUT2D eigenvalue weighted by Crippen LogP contribution is -2.45. The number of rotatable bonds is 5. The van der Waals surface area contributed by atoms with E-state index >= 15 is 0 Å². The average Bonchev–Trinajstić information content (AvgIpc) is 2.63. The van der Waals surface area contributed by atoms with E-state index in [2.05, 4.69) is 20.3 Å². The maximum absolute atomic E-state index is 14.4. The van der Waals surface area contributed by atoms with Gasteiger partial charge in [-0.1, -0.05) is 0 Å². The number of nitrogens with one attached hydrogen (secondary N) is 1. The second-order valence-electron chi connectivity index (χ2n) is 5.55. The van der Waals surface area contributed by atoms with Crippen LogP contribution < -0.4 is 15.8 Å². The van der Waals surface area contributed by atoms with E-state index in [4.69, 9.17) is 15.2 Å². The molecule has 10 heteroatoms. The molecule has 0 spiro atoms. The van der Waals surface area contributed by atoms with Crippen LogP contribution in [-0.2, 0) is 10.3 Å². The van der Waals surface area contributed by atoms with Crippen LogP contribution in [0.5, 0.6) is 5.88 Å². The van der Waals surface area contributed by atoms with Crippen molar-refractivity contribution < 1.29 is 22.6 Å². The van der Waals surface area contributed by atoms with E-state index in [1.54, 1.807) is 0 Å². The van der Waals surface area contributed by atoms with Crippen LogP contribution in [-0.4, -0.2) is 42.6 Å². The molecule has 0 fully saturated rings. The van der Waals surface area contributed by atoms with Gasteiger partial charge in [0.2, 0.25) is 0 Å². The van der Waals surface area contributed by atoms with E-state index in [1.165, 1.54) is 31.6 Å². The molecule has 0 saturated heterocycles. The van der Waals surface area contributed by atoms with Crippen LogP contribution in [0, 0.1) is 5.82 Å². The van der Waals surface area contributed by atoms with Gasteiger partial charge in [0, 0.05) is 23.6 Å². The molecule has 0 aliphatic carbocycles. The molecule has 1 aromatic carbocycles. The number of nitrogens with two attached hydrogens (primary N) is 1. The lowest BCUT2D eigenvalue weighted by molar-refractivity contribution is -0.0145. The fraction of sp³-hybridized carbons (Fsp3) is 0.312. The zero-order valence-electron chi connectivity index (χ0n) is 13.7. The highest BCUT2D eigenvalue weighted by atomic mass is 19.3. The SMILES string of the molecule is COc1nccnc1Nc1ccc(F)c(C2(C(F)F)COCC(N)=N2)c1.